The van der Waals surface area contributed by atoms with E-state index in [1.807, 2.05) is 37.3 Å². The molecule has 7 nitrogen and oxygen atoms in total. The zero-order valence-electron chi connectivity index (χ0n) is 18.4. The van der Waals surface area contributed by atoms with Crippen LogP contribution in [-0.2, 0) is 16.1 Å². The third-order valence-electron chi connectivity index (χ3n) is 6.00. The lowest BCUT2D eigenvalue weighted by Crippen LogP contribution is -2.44. The van der Waals surface area contributed by atoms with E-state index in [9.17, 15) is 14.4 Å². The van der Waals surface area contributed by atoms with E-state index >= 15 is 0 Å². The molecule has 3 amide bonds. The molecule has 168 valence electrons. The lowest BCUT2D eigenvalue weighted by molar-refractivity contribution is -0.122. The normalized spacial score (nSPS) is 17.7. The lowest BCUT2D eigenvalue weighted by atomic mass is 10.1. The van der Waals surface area contributed by atoms with E-state index in [0.717, 1.165) is 18.4 Å². The Morgan fingerprint density at radius 3 is 2.69 bits per heavy atom. The summed E-state index contributed by atoms with van der Waals surface area (Å²) in [6, 6.07) is 14.2. The Hall–Kier alpha value is -3.19. The van der Waals surface area contributed by atoms with E-state index in [1.54, 1.807) is 28.0 Å². The highest BCUT2D eigenvalue weighted by atomic mass is 16.5. The topological polar surface area (TPSA) is 79.0 Å². The summed E-state index contributed by atoms with van der Waals surface area (Å²) in [5.74, 6) is -0.247. The Labute approximate surface area is 188 Å². The van der Waals surface area contributed by atoms with E-state index in [4.69, 9.17) is 4.74 Å². The van der Waals surface area contributed by atoms with Gasteiger partial charge in [-0.1, -0.05) is 24.3 Å². The van der Waals surface area contributed by atoms with E-state index in [0.29, 0.717) is 56.1 Å². The number of rotatable bonds is 8. The minimum absolute atomic E-state index is 0.0445. The third-order valence-corrected chi connectivity index (χ3v) is 6.00. The van der Waals surface area contributed by atoms with E-state index in [-0.39, 0.29) is 17.7 Å². The van der Waals surface area contributed by atoms with Crippen molar-refractivity contribution in [2.75, 3.05) is 31.2 Å². The zero-order valence-corrected chi connectivity index (χ0v) is 18.4. The molecule has 2 heterocycles. The molecule has 0 aliphatic carbocycles. The average Bonchev–Trinajstić information content (AvgIpc) is 3.29. The maximum Gasteiger partial charge on any atom is 0.256 e. The van der Waals surface area contributed by atoms with Gasteiger partial charge in [-0.05, 0) is 56.0 Å². The van der Waals surface area contributed by atoms with Gasteiger partial charge in [0.15, 0.2) is 0 Å². The number of carbonyl (C=O) groups excluding carboxylic acids is 3. The summed E-state index contributed by atoms with van der Waals surface area (Å²) < 4.78 is 5.28. The van der Waals surface area contributed by atoms with Crippen LogP contribution in [0, 0.1) is 0 Å². The van der Waals surface area contributed by atoms with Gasteiger partial charge in [-0.15, -0.1) is 0 Å². The van der Waals surface area contributed by atoms with Crippen LogP contribution < -0.4 is 10.2 Å². The van der Waals surface area contributed by atoms with Crippen molar-refractivity contribution in [3.8, 4) is 0 Å². The van der Waals surface area contributed by atoms with Gasteiger partial charge in [0.2, 0.25) is 5.91 Å². The molecule has 2 aromatic carbocycles. The van der Waals surface area contributed by atoms with Crippen molar-refractivity contribution in [2.45, 2.75) is 38.8 Å². The summed E-state index contributed by atoms with van der Waals surface area (Å²) >= 11 is 0. The van der Waals surface area contributed by atoms with Crippen molar-refractivity contribution in [1.29, 1.82) is 0 Å². The van der Waals surface area contributed by atoms with E-state index < -0.39 is 6.04 Å². The molecule has 0 spiro atoms. The number of amides is 3. The van der Waals surface area contributed by atoms with Gasteiger partial charge in [0.05, 0.1) is 17.8 Å². The summed E-state index contributed by atoms with van der Waals surface area (Å²) in [6.07, 6.45) is 2.30. The SMILES string of the molecule is CCOCCCNC(=O)c1ccc(CN2C(=O)C3CCCN3C(=O)c3ccccc32)cc1. The van der Waals surface area contributed by atoms with Gasteiger partial charge >= 0.3 is 0 Å². The van der Waals surface area contributed by atoms with Crippen LogP contribution in [0.15, 0.2) is 48.5 Å². The molecule has 2 aliphatic rings. The molecule has 0 bridgehead atoms. The van der Waals surface area contributed by atoms with Gasteiger partial charge in [0.25, 0.3) is 11.8 Å². The predicted molar refractivity (Wildman–Crippen MR) is 122 cm³/mol. The van der Waals surface area contributed by atoms with Gasteiger partial charge in [-0.3, -0.25) is 14.4 Å². The van der Waals surface area contributed by atoms with Gasteiger partial charge in [-0.2, -0.15) is 0 Å². The molecular formula is C25H29N3O4. The van der Waals surface area contributed by atoms with Crippen molar-refractivity contribution in [2.24, 2.45) is 0 Å². The second kappa shape index (κ2) is 9.96. The number of ether oxygens (including phenoxy) is 1. The predicted octanol–water partition coefficient (Wildman–Crippen LogP) is 2.99. The number of hydrogen-bond donors (Lipinski definition) is 1. The van der Waals surface area contributed by atoms with Crippen LogP contribution in [0.5, 0.6) is 0 Å². The molecule has 1 N–H and O–H groups in total. The highest BCUT2D eigenvalue weighted by molar-refractivity contribution is 6.11. The number of nitrogens with zero attached hydrogens (tertiary/aromatic N) is 2. The molecule has 1 unspecified atom stereocenters. The molecule has 2 aromatic rings. The first-order valence-electron chi connectivity index (χ1n) is 11.3. The highest BCUT2D eigenvalue weighted by Gasteiger charge is 2.41. The monoisotopic (exact) mass is 435 g/mol. The summed E-state index contributed by atoms with van der Waals surface area (Å²) in [5.41, 5.74) is 2.69. The Kier molecular flexibility index (Phi) is 6.85. The zero-order chi connectivity index (χ0) is 22.5. The van der Waals surface area contributed by atoms with Crippen LogP contribution >= 0.6 is 0 Å². The number of hydrogen-bond acceptors (Lipinski definition) is 4. The maximum atomic E-state index is 13.4. The van der Waals surface area contributed by atoms with Crippen LogP contribution in [0.4, 0.5) is 5.69 Å². The highest BCUT2D eigenvalue weighted by Crippen LogP contribution is 2.33. The number of nitrogens with one attached hydrogen (secondary N) is 1. The summed E-state index contributed by atoms with van der Waals surface area (Å²) in [6.45, 7) is 4.77. The maximum absolute atomic E-state index is 13.4. The second-order valence-electron chi connectivity index (χ2n) is 8.10. The standard InChI is InChI=1S/C25H29N3O4/c1-2-32-16-6-14-26-23(29)19-12-10-18(11-13-19)17-28-21-8-4-3-7-20(21)24(30)27-15-5-9-22(27)25(28)31/h3-4,7-8,10-13,22H,2,5-6,9,14-17H2,1H3,(H,26,29). The van der Waals surface area contributed by atoms with Gasteiger partial charge < -0.3 is 19.9 Å². The molecule has 0 aromatic heterocycles. The largest absolute Gasteiger partial charge is 0.382 e. The molecule has 1 atom stereocenters. The van der Waals surface area contributed by atoms with Crippen LogP contribution in [0.1, 0.15) is 52.5 Å². The number of anilines is 1. The smallest absolute Gasteiger partial charge is 0.256 e. The fraction of sp³-hybridized carbons (Fsp3) is 0.400. The molecule has 7 heteroatoms. The number of para-hydroxylation sites is 1. The van der Waals surface area contributed by atoms with Crippen molar-refractivity contribution < 1.29 is 19.1 Å². The summed E-state index contributed by atoms with van der Waals surface area (Å²) in [5, 5.41) is 2.89. The van der Waals surface area contributed by atoms with Gasteiger partial charge in [0.1, 0.15) is 6.04 Å². The average molecular weight is 436 g/mol. The second-order valence-corrected chi connectivity index (χ2v) is 8.10. The number of fused-ring (bicyclic) bond motifs is 2. The molecule has 32 heavy (non-hydrogen) atoms. The van der Waals surface area contributed by atoms with Gasteiger partial charge in [0, 0.05) is 31.9 Å². The molecular weight excluding hydrogens is 406 g/mol. The van der Waals surface area contributed by atoms with E-state index in [2.05, 4.69) is 5.32 Å². The van der Waals surface area contributed by atoms with Crippen LogP contribution in [-0.4, -0.2) is 55.0 Å². The summed E-state index contributed by atoms with van der Waals surface area (Å²) in [7, 11) is 0. The molecule has 1 saturated heterocycles. The first-order chi connectivity index (χ1) is 15.6. The van der Waals surface area contributed by atoms with Crippen molar-refractivity contribution >= 4 is 23.4 Å². The summed E-state index contributed by atoms with van der Waals surface area (Å²) in [4.78, 5) is 42.2. The Bertz CT molecular complexity index is 989. The first-order valence-corrected chi connectivity index (χ1v) is 11.3. The first kappa shape index (κ1) is 22.0. The molecule has 4 rings (SSSR count). The fourth-order valence-corrected chi connectivity index (χ4v) is 4.34. The molecule has 1 fully saturated rings. The van der Waals surface area contributed by atoms with Crippen LogP contribution in [0.25, 0.3) is 0 Å². The Morgan fingerprint density at radius 1 is 1.12 bits per heavy atom. The molecule has 0 radical (unpaired) electrons. The third kappa shape index (κ3) is 4.53. The van der Waals surface area contributed by atoms with Gasteiger partial charge in [-0.25, -0.2) is 0 Å². The minimum atomic E-state index is -0.406. The van der Waals surface area contributed by atoms with Crippen LogP contribution in [0.2, 0.25) is 0 Å². The number of carbonyl (C=O) groups is 3. The number of benzene rings is 2. The molecule has 0 saturated carbocycles. The Morgan fingerprint density at radius 2 is 1.91 bits per heavy atom. The van der Waals surface area contributed by atoms with Crippen molar-refractivity contribution in [1.82, 2.24) is 10.2 Å². The van der Waals surface area contributed by atoms with E-state index in [1.165, 1.54) is 0 Å². The Balaban J connectivity index is 1.48. The minimum Gasteiger partial charge on any atom is -0.382 e. The van der Waals surface area contributed by atoms with Crippen molar-refractivity contribution in [3.63, 3.8) is 0 Å². The van der Waals surface area contributed by atoms with Crippen LogP contribution in [0.3, 0.4) is 0 Å². The molecule has 2 aliphatic heterocycles. The quantitative estimate of drug-likeness (QED) is 0.647. The van der Waals surface area contributed by atoms with Crippen molar-refractivity contribution in [3.05, 3.63) is 65.2 Å². The fourth-order valence-electron chi connectivity index (χ4n) is 4.34. The lowest BCUT2D eigenvalue weighted by Gasteiger charge is -2.26.